The topological polar surface area (TPSA) is 16.1 Å². The number of fused-ring (bicyclic) bond motifs is 3. The third-order valence-electron chi connectivity index (χ3n) is 6.04. The van der Waals surface area contributed by atoms with Gasteiger partial charge in [0, 0.05) is 24.2 Å². The number of aryl methyl sites for hydroxylation is 1. The fourth-order valence-corrected chi connectivity index (χ4v) is 4.55. The van der Waals surface area contributed by atoms with Gasteiger partial charge in [-0.05, 0) is 60.6 Å². The van der Waals surface area contributed by atoms with Crippen molar-refractivity contribution in [2.45, 2.75) is 26.2 Å². The largest absolute Gasteiger partial charge is 0.370 e. The van der Waals surface area contributed by atoms with E-state index in [0.717, 1.165) is 37.9 Å². The number of aromatic nitrogens is 1. The molecule has 0 saturated carbocycles. The van der Waals surface area contributed by atoms with Crippen LogP contribution < -0.4 is 4.90 Å². The third-order valence-corrected chi connectivity index (χ3v) is 6.04. The van der Waals surface area contributed by atoms with E-state index < -0.39 is 0 Å². The Morgan fingerprint density at radius 1 is 0.828 bits per heavy atom. The van der Waals surface area contributed by atoms with Gasteiger partial charge < -0.3 is 4.90 Å². The highest BCUT2D eigenvalue weighted by Gasteiger charge is 2.24. The number of benzene rings is 3. The van der Waals surface area contributed by atoms with Gasteiger partial charge in [-0.2, -0.15) is 0 Å². The Balaban J connectivity index is 1.50. The van der Waals surface area contributed by atoms with Crippen molar-refractivity contribution in [1.29, 1.82) is 0 Å². The minimum atomic E-state index is 0.962. The van der Waals surface area contributed by atoms with Crippen LogP contribution in [-0.2, 0) is 19.3 Å². The van der Waals surface area contributed by atoms with Gasteiger partial charge in [0.15, 0.2) is 0 Å². The first-order chi connectivity index (χ1) is 14.3. The molecule has 1 aliphatic heterocycles. The summed E-state index contributed by atoms with van der Waals surface area (Å²) in [5.74, 6) is 0. The van der Waals surface area contributed by atoms with E-state index in [9.17, 15) is 0 Å². The Morgan fingerprint density at radius 3 is 2.31 bits per heavy atom. The van der Waals surface area contributed by atoms with Crippen LogP contribution in [0.4, 0.5) is 5.69 Å². The predicted octanol–water partition coefficient (Wildman–Crippen LogP) is 5.74. The van der Waals surface area contributed by atoms with Gasteiger partial charge in [-0.3, -0.25) is 4.98 Å². The molecular formula is C27H26N2. The van der Waals surface area contributed by atoms with E-state index in [1.54, 1.807) is 0 Å². The van der Waals surface area contributed by atoms with Crippen molar-refractivity contribution in [2.24, 2.45) is 0 Å². The molecule has 0 spiro atoms. The average molecular weight is 379 g/mol. The molecule has 0 radical (unpaired) electrons. The van der Waals surface area contributed by atoms with E-state index in [1.807, 2.05) is 0 Å². The summed E-state index contributed by atoms with van der Waals surface area (Å²) >= 11 is 0. The van der Waals surface area contributed by atoms with E-state index >= 15 is 0 Å². The van der Waals surface area contributed by atoms with Gasteiger partial charge in [-0.1, -0.05) is 66.7 Å². The number of nitrogens with zero attached hydrogens (tertiary/aromatic N) is 2. The van der Waals surface area contributed by atoms with Crippen LogP contribution >= 0.6 is 0 Å². The summed E-state index contributed by atoms with van der Waals surface area (Å²) in [5, 5.41) is 1.31. The molecule has 0 N–H and O–H groups in total. The zero-order valence-electron chi connectivity index (χ0n) is 16.9. The van der Waals surface area contributed by atoms with Crippen LogP contribution in [0.25, 0.3) is 10.9 Å². The maximum atomic E-state index is 4.92. The summed E-state index contributed by atoms with van der Waals surface area (Å²) in [4.78, 5) is 7.50. The van der Waals surface area contributed by atoms with Gasteiger partial charge in [0.25, 0.3) is 0 Å². The molecule has 2 heterocycles. The molecular weight excluding hydrogens is 352 g/mol. The first-order valence-corrected chi connectivity index (χ1v) is 10.5. The minimum absolute atomic E-state index is 0.962. The Bertz CT molecular complexity index is 1130. The van der Waals surface area contributed by atoms with E-state index in [1.165, 1.54) is 39.0 Å². The summed E-state index contributed by atoms with van der Waals surface area (Å²) in [6.07, 6.45) is 3.14. The van der Waals surface area contributed by atoms with E-state index in [2.05, 4.69) is 90.7 Å². The van der Waals surface area contributed by atoms with E-state index in [-0.39, 0.29) is 0 Å². The highest BCUT2D eigenvalue weighted by molar-refractivity contribution is 5.95. The Morgan fingerprint density at radius 2 is 1.55 bits per heavy atom. The zero-order chi connectivity index (χ0) is 19.6. The fourth-order valence-electron chi connectivity index (χ4n) is 4.55. The van der Waals surface area contributed by atoms with Crippen LogP contribution in [0.2, 0.25) is 0 Å². The summed E-state index contributed by atoms with van der Waals surface area (Å²) < 4.78 is 0. The third kappa shape index (κ3) is 3.63. The fraction of sp³-hybridized carbons (Fsp3) is 0.222. The molecule has 0 atom stereocenters. The van der Waals surface area contributed by atoms with E-state index in [4.69, 9.17) is 4.98 Å². The number of rotatable bonds is 5. The molecule has 0 aliphatic carbocycles. The number of anilines is 1. The Labute approximate surface area is 172 Å². The maximum absolute atomic E-state index is 4.92. The van der Waals surface area contributed by atoms with Gasteiger partial charge in [0.2, 0.25) is 0 Å². The standard InChI is InChI=1S/C27H26N2/c1-20-24-15-17-29(16-14-21-8-4-2-5-9-21)27(24)25-19-23(12-13-26(25)28-20)18-22-10-6-3-7-11-22/h2-13,19H,14-18H2,1H3. The molecule has 2 heteroatoms. The van der Waals surface area contributed by atoms with Crippen molar-refractivity contribution in [2.75, 3.05) is 18.0 Å². The lowest BCUT2D eigenvalue weighted by molar-refractivity contribution is 0.814. The number of hydrogen-bond acceptors (Lipinski definition) is 2. The Hall–Kier alpha value is -3.13. The van der Waals surface area contributed by atoms with Crippen molar-refractivity contribution < 1.29 is 0 Å². The van der Waals surface area contributed by atoms with Crippen LogP contribution in [0.1, 0.15) is 27.9 Å². The highest BCUT2D eigenvalue weighted by Crippen LogP contribution is 2.37. The van der Waals surface area contributed by atoms with Crippen molar-refractivity contribution >= 4 is 16.6 Å². The van der Waals surface area contributed by atoms with Gasteiger partial charge >= 0.3 is 0 Å². The normalized spacial score (nSPS) is 13.1. The molecule has 5 rings (SSSR count). The Kier molecular flexibility index (Phi) is 4.77. The summed E-state index contributed by atoms with van der Waals surface area (Å²) in [6.45, 7) is 4.31. The van der Waals surface area contributed by atoms with Crippen LogP contribution in [0.3, 0.4) is 0 Å². The quantitative estimate of drug-likeness (QED) is 0.440. The van der Waals surface area contributed by atoms with Crippen LogP contribution in [-0.4, -0.2) is 18.1 Å². The summed E-state index contributed by atoms with van der Waals surface area (Å²) in [7, 11) is 0. The molecule has 29 heavy (non-hydrogen) atoms. The van der Waals surface area contributed by atoms with Crippen LogP contribution in [0.5, 0.6) is 0 Å². The van der Waals surface area contributed by atoms with Gasteiger partial charge in [-0.15, -0.1) is 0 Å². The molecule has 1 aromatic heterocycles. The zero-order valence-corrected chi connectivity index (χ0v) is 16.9. The lowest BCUT2D eigenvalue weighted by Gasteiger charge is -2.22. The number of hydrogen-bond donors (Lipinski definition) is 0. The molecule has 3 aromatic carbocycles. The first-order valence-electron chi connectivity index (χ1n) is 10.5. The van der Waals surface area contributed by atoms with Gasteiger partial charge in [0.05, 0.1) is 11.2 Å². The summed E-state index contributed by atoms with van der Waals surface area (Å²) in [5.41, 5.74) is 9.26. The second-order valence-electron chi connectivity index (χ2n) is 8.01. The SMILES string of the molecule is Cc1nc2ccc(Cc3ccccc3)cc2c2c1CCN2CCc1ccccc1. The molecule has 2 nitrogen and oxygen atoms in total. The van der Waals surface area contributed by atoms with Crippen molar-refractivity contribution in [3.63, 3.8) is 0 Å². The molecule has 4 aromatic rings. The molecule has 0 bridgehead atoms. The van der Waals surface area contributed by atoms with Crippen molar-refractivity contribution in [3.8, 4) is 0 Å². The maximum Gasteiger partial charge on any atom is 0.0726 e. The lowest BCUT2D eigenvalue weighted by Crippen LogP contribution is -2.23. The number of pyridine rings is 1. The van der Waals surface area contributed by atoms with Crippen LogP contribution in [0, 0.1) is 6.92 Å². The second kappa shape index (κ2) is 7.71. The van der Waals surface area contributed by atoms with Crippen molar-refractivity contribution in [3.05, 3.63) is 107 Å². The molecule has 0 fully saturated rings. The van der Waals surface area contributed by atoms with Crippen LogP contribution in [0.15, 0.2) is 78.9 Å². The van der Waals surface area contributed by atoms with Gasteiger partial charge in [0.1, 0.15) is 0 Å². The second-order valence-corrected chi connectivity index (χ2v) is 8.01. The highest BCUT2D eigenvalue weighted by atomic mass is 15.1. The first kappa shape index (κ1) is 17.9. The molecule has 144 valence electrons. The monoisotopic (exact) mass is 378 g/mol. The average Bonchev–Trinajstić information content (AvgIpc) is 3.19. The van der Waals surface area contributed by atoms with Gasteiger partial charge in [-0.25, -0.2) is 0 Å². The minimum Gasteiger partial charge on any atom is -0.370 e. The molecule has 0 amide bonds. The summed E-state index contributed by atoms with van der Waals surface area (Å²) in [6, 6.07) is 28.3. The lowest BCUT2D eigenvalue weighted by atomic mass is 10.00. The molecule has 0 unspecified atom stereocenters. The predicted molar refractivity (Wildman–Crippen MR) is 122 cm³/mol. The smallest absolute Gasteiger partial charge is 0.0726 e. The molecule has 0 saturated heterocycles. The van der Waals surface area contributed by atoms with Crippen molar-refractivity contribution in [1.82, 2.24) is 4.98 Å². The molecule has 1 aliphatic rings. The van der Waals surface area contributed by atoms with E-state index in [0.29, 0.717) is 0 Å².